The number of aromatic nitrogens is 4. The van der Waals surface area contributed by atoms with Crippen molar-refractivity contribution in [1.82, 2.24) is 25.1 Å². The molecule has 7 nitrogen and oxygen atoms in total. The maximum Gasteiger partial charge on any atom is 0.263 e. The van der Waals surface area contributed by atoms with Gasteiger partial charge in [-0.2, -0.15) is 5.10 Å². The van der Waals surface area contributed by atoms with Gasteiger partial charge in [-0.15, -0.1) is 5.10 Å². The van der Waals surface area contributed by atoms with Gasteiger partial charge in [0, 0.05) is 31.5 Å². The van der Waals surface area contributed by atoms with E-state index < -0.39 is 0 Å². The van der Waals surface area contributed by atoms with E-state index in [1.54, 1.807) is 0 Å². The fraction of sp³-hybridized carbons (Fsp3) is 0.455. The van der Waals surface area contributed by atoms with Crippen molar-refractivity contribution in [3.8, 4) is 5.13 Å². The third-order valence-corrected chi connectivity index (χ3v) is 7.20. The van der Waals surface area contributed by atoms with Crippen molar-refractivity contribution in [2.75, 3.05) is 18.0 Å². The number of amides is 1. The fourth-order valence-corrected chi connectivity index (χ4v) is 5.24. The molecule has 3 aromatic heterocycles. The summed E-state index contributed by atoms with van der Waals surface area (Å²) >= 11 is 1.44. The van der Waals surface area contributed by atoms with E-state index in [9.17, 15) is 4.79 Å². The van der Waals surface area contributed by atoms with Crippen molar-refractivity contribution in [1.29, 1.82) is 0 Å². The quantitative estimate of drug-likeness (QED) is 0.698. The lowest BCUT2D eigenvalue weighted by molar-refractivity contribution is 0.0934. The lowest BCUT2D eigenvalue weighted by atomic mass is 9.96. The van der Waals surface area contributed by atoms with E-state index in [4.69, 9.17) is 0 Å². The highest BCUT2D eigenvalue weighted by atomic mass is 32.1. The predicted molar refractivity (Wildman–Crippen MR) is 118 cm³/mol. The Labute approximate surface area is 180 Å². The highest BCUT2D eigenvalue weighted by Gasteiger charge is 2.25. The Morgan fingerprint density at radius 3 is 2.70 bits per heavy atom. The fourth-order valence-electron chi connectivity index (χ4n) is 4.30. The number of hydrogen-bond acceptors (Lipinski definition) is 6. The Morgan fingerprint density at radius 2 is 1.90 bits per heavy atom. The summed E-state index contributed by atoms with van der Waals surface area (Å²) in [6.45, 7) is 3.67. The first-order valence-corrected chi connectivity index (χ1v) is 11.5. The summed E-state index contributed by atoms with van der Waals surface area (Å²) in [6, 6.07) is 6.31. The van der Waals surface area contributed by atoms with Crippen LogP contribution in [0, 0.1) is 6.92 Å². The summed E-state index contributed by atoms with van der Waals surface area (Å²) in [5.41, 5.74) is 3.31. The van der Waals surface area contributed by atoms with Gasteiger partial charge in [0.05, 0.1) is 11.4 Å². The van der Waals surface area contributed by atoms with Crippen LogP contribution in [0.25, 0.3) is 5.13 Å². The molecule has 5 rings (SSSR count). The minimum Gasteiger partial charge on any atom is -0.355 e. The van der Waals surface area contributed by atoms with Crippen molar-refractivity contribution in [2.45, 2.75) is 51.5 Å². The molecule has 0 saturated carbocycles. The number of hydrogen-bond donors (Lipinski definition) is 1. The molecule has 1 N–H and O–H groups in total. The van der Waals surface area contributed by atoms with Gasteiger partial charge in [0.1, 0.15) is 4.88 Å². The molecule has 1 amide bonds. The zero-order valence-electron chi connectivity index (χ0n) is 17.2. The summed E-state index contributed by atoms with van der Waals surface area (Å²) in [7, 11) is 0. The first-order chi connectivity index (χ1) is 14.7. The van der Waals surface area contributed by atoms with Crippen LogP contribution in [-0.4, -0.2) is 44.8 Å². The Hall–Kier alpha value is -2.74. The summed E-state index contributed by atoms with van der Waals surface area (Å²) < 4.78 is 1.94. The number of carbonyl (C=O) groups excluding carboxylic acids is 1. The van der Waals surface area contributed by atoms with Gasteiger partial charge in [0.2, 0.25) is 0 Å². The third-order valence-electron chi connectivity index (χ3n) is 6.03. The second-order valence-corrected chi connectivity index (χ2v) is 9.10. The van der Waals surface area contributed by atoms with Gasteiger partial charge in [0.15, 0.2) is 10.9 Å². The number of anilines is 1. The highest BCUT2D eigenvalue weighted by Crippen LogP contribution is 2.25. The average molecular weight is 423 g/mol. The van der Waals surface area contributed by atoms with Crippen LogP contribution in [-0.2, 0) is 12.8 Å². The first-order valence-electron chi connectivity index (χ1n) is 10.7. The largest absolute Gasteiger partial charge is 0.355 e. The van der Waals surface area contributed by atoms with Gasteiger partial charge in [-0.25, -0.2) is 4.98 Å². The lowest BCUT2D eigenvalue weighted by Crippen LogP contribution is -2.45. The number of nitrogens with one attached hydrogen (secondary N) is 1. The van der Waals surface area contributed by atoms with E-state index in [1.807, 2.05) is 36.0 Å². The normalized spacial score (nSPS) is 17.0. The molecule has 0 spiro atoms. The number of nitrogens with zero attached hydrogens (tertiary/aromatic N) is 5. The molecule has 0 bridgehead atoms. The van der Waals surface area contributed by atoms with Gasteiger partial charge in [-0.3, -0.25) is 4.79 Å². The number of carbonyl (C=O) groups is 1. The second-order valence-electron chi connectivity index (χ2n) is 8.12. The van der Waals surface area contributed by atoms with Crippen LogP contribution in [0.4, 0.5) is 5.82 Å². The van der Waals surface area contributed by atoms with Gasteiger partial charge < -0.3 is 14.8 Å². The molecular formula is C22H26N6OS. The molecule has 8 heteroatoms. The van der Waals surface area contributed by atoms with Crippen molar-refractivity contribution in [3.63, 3.8) is 0 Å². The summed E-state index contributed by atoms with van der Waals surface area (Å²) in [5.74, 6) is 0.963. The van der Waals surface area contributed by atoms with Crippen LogP contribution in [0.3, 0.4) is 0 Å². The molecule has 4 heterocycles. The summed E-state index contributed by atoms with van der Waals surface area (Å²) in [6.07, 6.45) is 10.3. The van der Waals surface area contributed by atoms with Gasteiger partial charge in [0.25, 0.3) is 5.91 Å². The molecule has 0 aromatic carbocycles. The maximum absolute atomic E-state index is 12.8. The predicted octanol–water partition coefficient (Wildman–Crippen LogP) is 3.31. The summed E-state index contributed by atoms with van der Waals surface area (Å²) in [5, 5.41) is 13.0. The smallest absolute Gasteiger partial charge is 0.263 e. The molecule has 2 aliphatic rings. The van der Waals surface area contributed by atoms with Crippen LogP contribution in [0.5, 0.6) is 0 Å². The minimum atomic E-state index is -0.0181. The molecular weight excluding hydrogens is 396 g/mol. The van der Waals surface area contributed by atoms with Crippen LogP contribution in [0.1, 0.15) is 52.3 Å². The van der Waals surface area contributed by atoms with Crippen LogP contribution in [0.15, 0.2) is 30.6 Å². The number of aryl methyl sites for hydroxylation is 3. The van der Waals surface area contributed by atoms with E-state index >= 15 is 0 Å². The topological polar surface area (TPSA) is 75.9 Å². The Kier molecular flexibility index (Phi) is 5.25. The van der Waals surface area contributed by atoms with Crippen molar-refractivity contribution < 1.29 is 4.79 Å². The van der Waals surface area contributed by atoms with E-state index in [-0.39, 0.29) is 11.9 Å². The zero-order chi connectivity index (χ0) is 20.5. The molecule has 1 aliphatic heterocycles. The molecule has 0 atom stereocenters. The Balaban J connectivity index is 1.20. The number of piperidine rings is 1. The molecule has 0 radical (unpaired) electrons. The highest BCUT2D eigenvalue weighted by molar-refractivity contribution is 7.16. The van der Waals surface area contributed by atoms with Gasteiger partial charge in [-0.1, -0.05) is 11.3 Å². The molecule has 0 unspecified atom stereocenters. The monoisotopic (exact) mass is 422 g/mol. The molecule has 3 aromatic rings. The SMILES string of the molecule is Cc1nc(-n2cccc2)sc1C(=O)NC1CCN(c2cc3c(nn2)CCCC3)CC1. The number of rotatable bonds is 4. The van der Waals surface area contributed by atoms with E-state index in [1.165, 1.54) is 35.4 Å². The summed E-state index contributed by atoms with van der Waals surface area (Å²) in [4.78, 5) is 20.4. The Morgan fingerprint density at radius 1 is 1.13 bits per heavy atom. The number of thiazole rings is 1. The van der Waals surface area contributed by atoms with Crippen molar-refractivity contribution in [2.24, 2.45) is 0 Å². The van der Waals surface area contributed by atoms with E-state index in [2.05, 4.69) is 31.5 Å². The van der Waals surface area contributed by atoms with E-state index in [0.29, 0.717) is 4.88 Å². The van der Waals surface area contributed by atoms with Gasteiger partial charge in [-0.05, 0) is 69.2 Å². The molecule has 1 fully saturated rings. The third kappa shape index (κ3) is 3.84. The standard InChI is InChI=1S/C22H26N6OS/c1-15-20(30-22(23-15)28-10-4-5-11-28)21(29)24-17-8-12-27(13-9-17)19-14-16-6-2-3-7-18(16)25-26-19/h4-5,10-11,14,17H,2-3,6-9,12-13H2,1H3,(H,24,29). The molecule has 1 saturated heterocycles. The lowest BCUT2D eigenvalue weighted by Gasteiger charge is -2.33. The van der Waals surface area contributed by atoms with E-state index in [0.717, 1.165) is 55.4 Å². The first kappa shape index (κ1) is 19.2. The Bertz CT molecular complexity index is 1040. The molecule has 1 aliphatic carbocycles. The zero-order valence-corrected chi connectivity index (χ0v) is 18.0. The molecule has 156 valence electrons. The van der Waals surface area contributed by atoms with Gasteiger partial charge >= 0.3 is 0 Å². The van der Waals surface area contributed by atoms with Crippen molar-refractivity contribution >= 4 is 23.1 Å². The number of fused-ring (bicyclic) bond motifs is 1. The van der Waals surface area contributed by atoms with Crippen LogP contribution in [0.2, 0.25) is 0 Å². The van der Waals surface area contributed by atoms with Crippen molar-refractivity contribution in [3.05, 3.63) is 52.4 Å². The second kappa shape index (κ2) is 8.18. The van der Waals surface area contributed by atoms with Crippen LogP contribution < -0.4 is 10.2 Å². The molecule has 30 heavy (non-hydrogen) atoms. The van der Waals surface area contributed by atoms with Crippen LogP contribution >= 0.6 is 11.3 Å². The maximum atomic E-state index is 12.8. The average Bonchev–Trinajstić information content (AvgIpc) is 3.44. The minimum absolute atomic E-state index is 0.0181.